The number of rotatable bonds is 2. The molecule has 1 N–H and O–H groups in total. The molecule has 3 nitrogen and oxygen atoms in total. The van der Waals surface area contributed by atoms with Crippen LogP contribution in [0.15, 0.2) is 6.20 Å². The van der Waals surface area contributed by atoms with E-state index in [2.05, 4.69) is 4.98 Å². The van der Waals surface area contributed by atoms with Crippen LogP contribution < -0.4 is 0 Å². The molecule has 0 fully saturated rings. The first-order valence-electron chi connectivity index (χ1n) is 3.93. The molecule has 0 unspecified atom stereocenters. The van der Waals surface area contributed by atoms with E-state index >= 15 is 0 Å². The van der Waals surface area contributed by atoms with Crippen molar-refractivity contribution in [3.05, 3.63) is 26.6 Å². The fourth-order valence-electron chi connectivity index (χ4n) is 1.08. The lowest BCUT2D eigenvalue weighted by molar-refractivity contribution is -0.143. The first kappa shape index (κ1) is 14.1. The van der Waals surface area contributed by atoms with E-state index in [-0.39, 0.29) is 0 Å². The van der Waals surface area contributed by atoms with Crippen molar-refractivity contribution >= 4 is 28.6 Å². The van der Waals surface area contributed by atoms with Crippen LogP contribution in [0.5, 0.6) is 0 Å². The average molecular weight is 367 g/mol. The molecule has 17 heavy (non-hydrogen) atoms. The summed E-state index contributed by atoms with van der Waals surface area (Å²) in [5.74, 6) is -1.61. The van der Waals surface area contributed by atoms with E-state index in [1.165, 1.54) is 0 Å². The highest BCUT2D eigenvalue weighted by atomic mass is 127. The van der Waals surface area contributed by atoms with Gasteiger partial charge in [0.2, 0.25) is 0 Å². The SMILES string of the molecule is O=C(O)c1cnc(C(F)(F)F)c(C(F)F)c1I. The third-order valence-corrected chi connectivity index (χ3v) is 2.93. The molecular formula is C8H3F5INO2. The molecule has 0 saturated carbocycles. The molecular weight excluding hydrogens is 364 g/mol. The van der Waals surface area contributed by atoms with Gasteiger partial charge in [0, 0.05) is 9.77 Å². The molecule has 0 aromatic carbocycles. The predicted octanol–water partition coefficient (Wildman–Crippen LogP) is 3.34. The molecule has 0 bridgehead atoms. The zero-order valence-electron chi connectivity index (χ0n) is 7.73. The summed E-state index contributed by atoms with van der Waals surface area (Å²) in [7, 11) is 0. The van der Waals surface area contributed by atoms with E-state index in [0.717, 1.165) is 22.6 Å². The Morgan fingerprint density at radius 2 is 1.94 bits per heavy atom. The second kappa shape index (κ2) is 4.70. The lowest BCUT2D eigenvalue weighted by Gasteiger charge is -2.14. The summed E-state index contributed by atoms with van der Waals surface area (Å²) in [6.45, 7) is 0. The summed E-state index contributed by atoms with van der Waals surface area (Å²) in [6.07, 6.45) is -8.09. The van der Waals surface area contributed by atoms with E-state index in [1.807, 2.05) is 0 Å². The Bertz CT molecular complexity index is 460. The third kappa shape index (κ3) is 2.82. The zero-order valence-corrected chi connectivity index (χ0v) is 9.88. The van der Waals surface area contributed by atoms with Crippen molar-refractivity contribution in [2.24, 2.45) is 0 Å². The minimum Gasteiger partial charge on any atom is -0.478 e. The molecule has 0 spiro atoms. The maximum Gasteiger partial charge on any atom is 0.433 e. The smallest absolute Gasteiger partial charge is 0.433 e. The maximum atomic E-state index is 12.5. The van der Waals surface area contributed by atoms with Crippen molar-refractivity contribution in [1.29, 1.82) is 0 Å². The summed E-state index contributed by atoms with van der Waals surface area (Å²) in [4.78, 5) is 13.3. The number of carbonyl (C=O) groups is 1. The topological polar surface area (TPSA) is 50.2 Å². The molecule has 0 saturated heterocycles. The second-order valence-electron chi connectivity index (χ2n) is 2.85. The van der Waals surface area contributed by atoms with Crippen LogP contribution in [0.4, 0.5) is 22.0 Å². The quantitative estimate of drug-likeness (QED) is 0.645. The molecule has 1 heterocycles. The van der Waals surface area contributed by atoms with Crippen LogP contribution in [0.3, 0.4) is 0 Å². The van der Waals surface area contributed by atoms with Crippen LogP contribution in [0.2, 0.25) is 0 Å². The van der Waals surface area contributed by atoms with Gasteiger partial charge in [-0.3, -0.25) is 4.98 Å². The van der Waals surface area contributed by atoms with Crippen molar-refractivity contribution in [1.82, 2.24) is 4.98 Å². The van der Waals surface area contributed by atoms with Gasteiger partial charge in [-0.1, -0.05) is 0 Å². The Morgan fingerprint density at radius 3 is 2.29 bits per heavy atom. The Balaban J connectivity index is 3.57. The molecule has 9 heteroatoms. The highest BCUT2D eigenvalue weighted by Crippen LogP contribution is 2.38. The van der Waals surface area contributed by atoms with E-state index in [4.69, 9.17) is 5.11 Å². The lowest BCUT2D eigenvalue weighted by Crippen LogP contribution is -2.16. The number of aromatic carboxylic acids is 1. The van der Waals surface area contributed by atoms with E-state index in [0.29, 0.717) is 6.20 Å². The standard InChI is InChI=1S/C8H3F5INO2/c9-6(10)3-4(14)2(7(16)17)1-15-5(3)8(11,12)13/h1,6H,(H,16,17). The number of hydrogen-bond acceptors (Lipinski definition) is 2. The number of halogens is 6. The van der Waals surface area contributed by atoms with Gasteiger partial charge in [-0.2, -0.15) is 13.2 Å². The molecule has 0 aliphatic rings. The minimum absolute atomic E-state index is 0.415. The Labute approximate surface area is 105 Å². The number of carboxylic acids is 1. The van der Waals surface area contributed by atoms with Gasteiger partial charge in [0.15, 0.2) is 5.69 Å². The minimum atomic E-state index is -5.05. The lowest BCUT2D eigenvalue weighted by atomic mass is 10.1. The summed E-state index contributed by atoms with van der Waals surface area (Å²) in [5.41, 5.74) is -3.85. The van der Waals surface area contributed by atoms with Crippen LogP contribution in [-0.4, -0.2) is 16.1 Å². The first-order valence-corrected chi connectivity index (χ1v) is 5.01. The van der Waals surface area contributed by atoms with Crippen molar-refractivity contribution in [3.8, 4) is 0 Å². The van der Waals surface area contributed by atoms with Crippen LogP contribution in [-0.2, 0) is 6.18 Å². The number of aromatic nitrogens is 1. The van der Waals surface area contributed by atoms with E-state index < -0.39 is 39.0 Å². The van der Waals surface area contributed by atoms with Crippen LogP contribution in [0, 0.1) is 3.57 Å². The van der Waals surface area contributed by atoms with E-state index in [1.54, 1.807) is 0 Å². The van der Waals surface area contributed by atoms with Crippen LogP contribution in [0.1, 0.15) is 28.0 Å². The fourth-order valence-corrected chi connectivity index (χ4v) is 1.94. The second-order valence-corrected chi connectivity index (χ2v) is 3.93. The van der Waals surface area contributed by atoms with Crippen molar-refractivity contribution in [3.63, 3.8) is 0 Å². The molecule has 0 atom stereocenters. The van der Waals surface area contributed by atoms with Crippen molar-refractivity contribution in [2.45, 2.75) is 12.6 Å². The predicted molar refractivity (Wildman–Crippen MR) is 53.9 cm³/mol. The largest absolute Gasteiger partial charge is 0.478 e. The highest BCUT2D eigenvalue weighted by Gasteiger charge is 2.39. The van der Waals surface area contributed by atoms with Gasteiger partial charge < -0.3 is 5.11 Å². The average Bonchev–Trinajstić information content (AvgIpc) is 2.14. The molecule has 0 amide bonds. The summed E-state index contributed by atoms with van der Waals surface area (Å²) < 4.78 is 61.5. The Kier molecular flexibility index (Phi) is 3.89. The first-order chi connectivity index (χ1) is 7.66. The molecule has 0 aliphatic heterocycles. The van der Waals surface area contributed by atoms with Crippen LogP contribution >= 0.6 is 22.6 Å². The number of carboxylic acid groups (broad SMARTS) is 1. The molecule has 0 radical (unpaired) electrons. The number of alkyl halides is 5. The highest BCUT2D eigenvalue weighted by molar-refractivity contribution is 14.1. The summed E-state index contributed by atoms with van der Waals surface area (Å²) in [6, 6.07) is 0. The van der Waals surface area contributed by atoms with Gasteiger partial charge >= 0.3 is 12.1 Å². The molecule has 94 valence electrons. The van der Waals surface area contributed by atoms with Crippen molar-refractivity contribution < 1.29 is 31.9 Å². The molecule has 0 aliphatic carbocycles. The third-order valence-electron chi connectivity index (χ3n) is 1.77. The normalized spacial score (nSPS) is 11.9. The fraction of sp³-hybridized carbons (Fsp3) is 0.250. The van der Waals surface area contributed by atoms with Gasteiger partial charge in [-0.05, 0) is 22.6 Å². The summed E-state index contributed by atoms with van der Waals surface area (Å²) >= 11 is 1.14. The number of pyridine rings is 1. The Morgan fingerprint density at radius 1 is 1.41 bits per heavy atom. The van der Waals surface area contributed by atoms with Gasteiger partial charge in [-0.15, -0.1) is 0 Å². The zero-order chi connectivity index (χ0) is 13.4. The van der Waals surface area contributed by atoms with Gasteiger partial charge in [-0.25, -0.2) is 13.6 Å². The number of nitrogens with zero attached hydrogens (tertiary/aromatic N) is 1. The number of hydrogen-bond donors (Lipinski definition) is 1. The maximum absolute atomic E-state index is 12.5. The summed E-state index contributed by atoms with van der Waals surface area (Å²) in [5, 5.41) is 8.59. The van der Waals surface area contributed by atoms with Gasteiger partial charge in [0.25, 0.3) is 6.43 Å². The van der Waals surface area contributed by atoms with Crippen molar-refractivity contribution in [2.75, 3.05) is 0 Å². The Hall–Kier alpha value is -1.00. The van der Waals surface area contributed by atoms with Gasteiger partial charge in [0.1, 0.15) is 0 Å². The molecule has 1 rings (SSSR count). The van der Waals surface area contributed by atoms with Crippen LogP contribution in [0.25, 0.3) is 0 Å². The molecule has 1 aromatic heterocycles. The van der Waals surface area contributed by atoms with Gasteiger partial charge in [0.05, 0.1) is 11.1 Å². The monoisotopic (exact) mass is 367 g/mol. The van der Waals surface area contributed by atoms with E-state index in [9.17, 15) is 26.7 Å². The molecule has 1 aromatic rings.